The van der Waals surface area contributed by atoms with E-state index in [1.54, 1.807) is 35.3 Å². The molecule has 0 bridgehead atoms. The molecule has 0 aliphatic heterocycles. The lowest BCUT2D eigenvalue weighted by Gasteiger charge is -2.09. The number of benzene rings is 3. The van der Waals surface area contributed by atoms with Gasteiger partial charge in [0.2, 0.25) is 17.7 Å². The second kappa shape index (κ2) is 17.1. The Kier molecular flexibility index (Phi) is 12.4. The Balaban J connectivity index is 1.03. The van der Waals surface area contributed by atoms with Gasteiger partial charge in [-0.3, -0.25) is 28.5 Å². The summed E-state index contributed by atoms with van der Waals surface area (Å²) in [5, 5.41) is 11.1. The van der Waals surface area contributed by atoms with Crippen molar-refractivity contribution in [2.24, 2.45) is 0 Å². The quantitative estimate of drug-likeness (QED) is 0.0999. The minimum absolute atomic E-state index is 0.0169. The van der Waals surface area contributed by atoms with E-state index in [9.17, 15) is 27.6 Å². The van der Waals surface area contributed by atoms with Gasteiger partial charge in [-0.25, -0.2) is 13.4 Å². The molecule has 0 aliphatic rings. The number of aromatic nitrogens is 2. The molecular weight excluding hydrogens is 705 g/mol. The molecule has 5 aromatic rings. The van der Waals surface area contributed by atoms with Crippen molar-refractivity contribution < 1.29 is 32.3 Å². The molecule has 3 aromatic carbocycles. The molecule has 13 nitrogen and oxygen atoms in total. The Hall–Kier alpha value is -5.54. The molecule has 15 heteroatoms. The van der Waals surface area contributed by atoms with Gasteiger partial charge in [0.1, 0.15) is 5.75 Å². The van der Waals surface area contributed by atoms with Gasteiger partial charge in [0, 0.05) is 59.8 Å². The summed E-state index contributed by atoms with van der Waals surface area (Å²) in [6, 6.07) is 18.5. The van der Waals surface area contributed by atoms with Crippen molar-refractivity contribution in [2.45, 2.75) is 50.8 Å². The van der Waals surface area contributed by atoms with Gasteiger partial charge in [-0.05, 0) is 86.8 Å². The first-order chi connectivity index (χ1) is 24.9. The van der Waals surface area contributed by atoms with Crippen LogP contribution < -0.4 is 25.4 Å². The van der Waals surface area contributed by atoms with E-state index < -0.39 is 10.0 Å². The van der Waals surface area contributed by atoms with Gasteiger partial charge in [-0.2, -0.15) is 0 Å². The van der Waals surface area contributed by atoms with Gasteiger partial charge >= 0.3 is 0 Å². The topological polar surface area (TPSA) is 178 Å². The van der Waals surface area contributed by atoms with E-state index in [1.807, 2.05) is 38.1 Å². The van der Waals surface area contributed by atoms with Crippen LogP contribution in [0.15, 0.2) is 83.2 Å². The first-order valence-corrected chi connectivity index (χ1v) is 19.0. The monoisotopic (exact) mass is 744 g/mol. The van der Waals surface area contributed by atoms with Crippen LogP contribution in [0.1, 0.15) is 52.9 Å². The van der Waals surface area contributed by atoms with Gasteiger partial charge in [-0.15, -0.1) is 11.3 Å². The predicted molar refractivity (Wildman–Crippen MR) is 200 cm³/mol. The number of hydrogen-bond donors (Lipinski definition) is 4. The third-order valence-electron chi connectivity index (χ3n) is 8.31. The number of ether oxygens (including phenoxy) is 1. The largest absolute Gasteiger partial charge is 0.497 e. The van der Waals surface area contributed by atoms with E-state index in [-0.39, 0.29) is 52.9 Å². The van der Waals surface area contributed by atoms with Crippen LogP contribution in [0.5, 0.6) is 5.75 Å². The molecule has 3 amide bonds. The molecule has 0 saturated carbocycles. The lowest BCUT2D eigenvalue weighted by atomic mass is 10.1. The van der Waals surface area contributed by atoms with E-state index in [4.69, 9.17) is 4.74 Å². The van der Waals surface area contributed by atoms with Crippen LogP contribution in [0, 0.1) is 13.8 Å². The second-order valence-electron chi connectivity index (χ2n) is 12.1. The first kappa shape index (κ1) is 37.7. The summed E-state index contributed by atoms with van der Waals surface area (Å²) in [6.45, 7) is 4.59. The highest BCUT2D eigenvalue weighted by Gasteiger charge is 2.22. The number of aryl methyl sites for hydroxylation is 1. The lowest BCUT2D eigenvalue weighted by molar-refractivity contribution is -0.124. The highest BCUT2D eigenvalue weighted by atomic mass is 32.2. The van der Waals surface area contributed by atoms with Crippen molar-refractivity contribution in [3.8, 4) is 5.75 Å². The van der Waals surface area contributed by atoms with E-state index >= 15 is 0 Å². The number of fused-ring (bicyclic) bond motifs is 1. The number of anilines is 2. The number of unbranched alkanes of at least 4 members (excludes halogenated alkanes) is 1. The highest BCUT2D eigenvalue weighted by Crippen LogP contribution is 2.31. The molecule has 5 rings (SSSR count). The van der Waals surface area contributed by atoms with Crippen LogP contribution in [0.4, 0.5) is 10.8 Å². The minimum Gasteiger partial charge on any atom is -0.497 e. The van der Waals surface area contributed by atoms with Crippen LogP contribution >= 0.6 is 11.3 Å². The van der Waals surface area contributed by atoms with Gasteiger partial charge < -0.3 is 20.7 Å². The maximum atomic E-state index is 13.6. The summed E-state index contributed by atoms with van der Waals surface area (Å²) in [7, 11) is -2.24. The van der Waals surface area contributed by atoms with Crippen molar-refractivity contribution in [3.63, 3.8) is 0 Å². The standard InChI is InChI=1S/C37H40N6O7S2/c1-24-6-8-26(9-7-24)36(47)43-25(2)30(31-22-28(50-3)12-15-32(31)43)23-35(46)39-19-5-4-18-38-33(44)16-17-34(45)41-27-10-13-29(14-11-27)52(48,49)42-37-40-20-21-51-37/h6-15,20-22H,4-5,16-19,23H2,1-3H3,(H,38,44)(H,39,46)(H,40,42)(H,41,45). The molecule has 0 spiro atoms. The molecule has 52 heavy (non-hydrogen) atoms. The Labute approximate surface area is 305 Å². The third kappa shape index (κ3) is 9.61. The number of methoxy groups -OCH3 is 1. The Morgan fingerprint density at radius 2 is 1.52 bits per heavy atom. The highest BCUT2D eigenvalue weighted by molar-refractivity contribution is 7.93. The van der Waals surface area contributed by atoms with E-state index in [0.717, 1.165) is 27.8 Å². The number of sulfonamides is 1. The van der Waals surface area contributed by atoms with Crippen LogP contribution in [0.3, 0.4) is 0 Å². The summed E-state index contributed by atoms with van der Waals surface area (Å²) < 4.78 is 34.4. The molecule has 0 saturated heterocycles. The van der Waals surface area contributed by atoms with Gasteiger partial charge in [0.25, 0.3) is 15.9 Å². The number of thiazole rings is 1. The lowest BCUT2D eigenvalue weighted by Crippen LogP contribution is -2.28. The molecule has 0 radical (unpaired) electrons. The number of nitrogens with one attached hydrogen (secondary N) is 4. The van der Waals surface area contributed by atoms with Crippen molar-refractivity contribution >= 4 is 66.7 Å². The summed E-state index contributed by atoms with van der Waals surface area (Å²) in [6.07, 6.45) is 2.74. The molecule has 2 heterocycles. The predicted octanol–water partition coefficient (Wildman–Crippen LogP) is 5.19. The van der Waals surface area contributed by atoms with Crippen LogP contribution in [-0.2, 0) is 30.8 Å². The molecule has 0 atom stereocenters. The normalized spacial score (nSPS) is 11.2. The zero-order valence-corrected chi connectivity index (χ0v) is 30.7. The molecular formula is C37H40N6O7S2. The molecule has 0 unspecified atom stereocenters. The van der Waals surface area contributed by atoms with E-state index in [0.29, 0.717) is 54.1 Å². The fourth-order valence-corrected chi connectivity index (χ4v) is 7.32. The number of rotatable bonds is 16. The number of carbonyl (C=O) groups excluding carboxylic acids is 4. The first-order valence-electron chi connectivity index (χ1n) is 16.6. The average Bonchev–Trinajstić information content (AvgIpc) is 3.73. The van der Waals surface area contributed by atoms with Gasteiger partial charge in [0.15, 0.2) is 5.13 Å². The fraction of sp³-hybridized carbons (Fsp3) is 0.270. The molecule has 2 aromatic heterocycles. The second-order valence-corrected chi connectivity index (χ2v) is 14.6. The molecule has 0 fully saturated rings. The van der Waals surface area contributed by atoms with E-state index in [1.165, 1.54) is 30.5 Å². The minimum atomic E-state index is -3.81. The zero-order valence-electron chi connectivity index (χ0n) is 29.0. The van der Waals surface area contributed by atoms with Crippen molar-refractivity contribution in [1.29, 1.82) is 0 Å². The van der Waals surface area contributed by atoms with Crippen molar-refractivity contribution in [3.05, 3.63) is 101 Å². The van der Waals surface area contributed by atoms with Crippen LogP contribution in [0.25, 0.3) is 10.9 Å². The Bertz CT molecular complexity index is 2160. The molecule has 4 N–H and O–H groups in total. The SMILES string of the molecule is COc1ccc2c(c1)c(CC(=O)NCCCCNC(=O)CCC(=O)Nc1ccc(S(=O)(=O)Nc3nccs3)cc1)c(C)n2C(=O)c1ccc(C)cc1. The maximum absolute atomic E-state index is 13.6. The Morgan fingerprint density at radius 1 is 0.846 bits per heavy atom. The molecule has 0 aliphatic carbocycles. The third-order valence-corrected chi connectivity index (χ3v) is 10.5. The molecule has 272 valence electrons. The van der Waals surface area contributed by atoms with Crippen molar-refractivity contribution in [2.75, 3.05) is 30.2 Å². The van der Waals surface area contributed by atoms with Gasteiger partial charge in [-0.1, -0.05) is 17.7 Å². The number of amides is 3. The fourth-order valence-electron chi connectivity index (χ4n) is 5.53. The zero-order chi connectivity index (χ0) is 37.3. The smallest absolute Gasteiger partial charge is 0.263 e. The van der Waals surface area contributed by atoms with Crippen LogP contribution in [0.2, 0.25) is 0 Å². The maximum Gasteiger partial charge on any atom is 0.263 e. The number of carbonyl (C=O) groups is 4. The number of hydrogen-bond acceptors (Lipinski definition) is 9. The summed E-state index contributed by atoms with van der Waals surface area (Å²) in [5.74, 6) is -0.407. The van der Waals surface area contributed by atoms with Crippen molar-refractivity contribution in [1.82, 2.24) is 20.2 Å². The summed E-state index contributed by atoms with van der Waals surface area (Å²) in [4.78, 5) is 55.2. The summed E-state index contributed by atoms with van der Waals surface area (Å²) >= 11 is 1.16. The Morgan fingerprint density at radius 3 is 2.17 bits per heavy atom. The number of nitrogens with zero attached hydrogens (tertiary/aromatic N) is 2. The summed E-state index contributed by atoms with van der Waals surface area (Å²) in [5.41, 5.74) is 4.13. The van der Waals surface area contributed by atoms with Gasteiger partial charge in [0.05, 0.1) is 23.9 Å². The van der Waals surface area contributed by atoms with Crippen LogP contribution in [-0.4, -0.2) is 61.8 Å². The average molecular weight is 745 g/mol. The van der Waals surface area contributed by atoms with E-state index in [2.05, 4.69) is 25.7 Å².